The summed E-state index contributed by atoms with van der Waals surface area (Å²) in [6.45, 7) is 1.84. The topological polar surface area (TPSA) is 89.3 Å². The second-order valence-electron chi connectivity index (χ2n) is 8.88. The molecule has 0 radical (unpaired) electrons. The molecule has 0 fully saturated rings. The third-order valence-corrected chi connectivity index (χ3v) is 6.50. The number of rotatable bonds is 9. The first-order valence-corrected chi connectivity index (χ1v) is 11.8. The van der Waals surface area contributed by atoms with Gasteiger partial charge in [-0.1, -0.05) is 115 Å². The van der Waals surface area contributed by atoms with Gasteiger partial charge in [-0.3, -0.25) is 14.4 Å². The van der Waals surface area contributed by atoms with E-state index < -0.39 is 17.4 Å². The summed E-state index contributed by atoms with van der Waals surface area (Å²) in [5.74, 6) is -1.03. The largest absolute Gasteiger partial charge is 0.368 e. The van der Waals surface area contributed by atoms with Crippen molar-refractivity contribution in [3.63, 3.8) is 0 Å². The molecule has 0 aliphatic rings. The summed E-state index contributed by atoms with van der Waals surface area (Å²) in [6.07, 6.45) is 0.209. The molecule has 5 heteroatoms. The molecule has 0 saturated heterocycles. The molecule has 3 N–H and O–H groups in total. The predicted molar refractivity (Wildman–Crippen MR) is 140 cm³/mol. The van der Waals surface area contributed by atoms with Crippen LogP contribution in [0.1, 0.15) is 39.5 Å². The van der Waals surface area contributed by atoms with Crippen LogP contribution in [0.15, 0.2) is 115 Å². The highest BCUT2D eigenvalue weighted by atomic mass is 16.2. The van der Waals surface area contributed by atoms with Crippen LogP contribution in [0.2, 0.25) is 0 Å². The van der Waals surface area contributed by atoms with Crippen molar-refractivity contribution in [2.45, 2.75) is 24.8 Å². The molecule has 36 heavy (non-hydrogen) atoms. The Morgan fingerprint density at radius 2 is 1.14 bits per heavy atom. The molecule has 0 saturated carbocycles. The van der Waals surface area contributed by atoms with Gasteiger partial charge < -0.3 is 11.1 Å². The molecule has 0 aliphatic heterocycles. The molecule has 1 atom stereocenters. The Morgan fingerprint density at radius 3 is 1.61 bits per heavy atom. The molecule has 4 aromatic rings. The fourth-order valence-corrected chi connectivity index (χ4v) is 4.28. The number of hydrogen-bond acceptors (Lipinski definition) is 3. The Kier molecular flexibility index (Phi) is 7.40. The Labute approximate surface area is 211 Å². The zero-order chi connectivity index (χ0) is 25.5. The number of primary amides is 1. The van der Waals surface area contributed by atoms with Gasteiger partial charge in [0.15, 0.2) is 5.78 Å². The SMILES string of the molecule is CC(C(=O)N[C@H](Cc1ccc(C(=O)c2ccccc2)cc1)C(N)=O)(c1ccccc1)c1ccccc1. The summed E-state index contributed by atoms with van der Waals surface area (Å²) in [6, 6.07) is 34.0. The quantitative estimate of drug-likeness (QED) is 0.350. The summed E-state index contributed by atoms with van der Waals surface area (Å²) >= 11 is 0. The van der Waals surface area contributed by atoms with Gasteiger partial charge in [-0.2, -0.15) is 0 Å². The van der Waals surface area contributed by atoms with Crippen LogP contribution in [-0.2, 0) is 21.4 Å². The zero-order valence-electron chi connectivity index (χ0n) is 20.1. The highest BCUT2D eigenvalue weighted by Gasteiger charge is 2.38. The van der Waals surface area contributed by atoms with Crippen molar-refractivity contribution in [1.82, 2.24) is 5.32 Å². The lowest BCUT2D eigenvalue weighted by molar-refractivity contribution is -0.129. The Hall–Kier alpha value is -4.51. The maximum absolute atomic E-state index is 13.7. The predicted octanol–water partition coefficient (Wildman–Crippen LogP) is 4.44. The first-order valence-electron chi connectivity index (χ1n) is 11.8. The number of benzene rings is 4. The van der Waals surface area contributed by atoms with E-state index in [4.69, 9.17) is 5.73 Å². The van der Waals surface area contributed by atoms with E-state index in [2.05, 4.69) is 5.32 Å². The van der Waals surface area contributed by atoms with Crippen LogP contribution in [0, 0.1) is 0 Å². The Bertz CT molecular complexity index is 1300. The lowest BCUT2D eigenvalue weighted by atomic mass is 9.75. The molecule has 0 unspecified atom stereocenters. The van der Waals surface area contributed by atoms with E-state index in [1.165, 1.54) is 0 Å². The van der Waals surface area contributed by atoms with Gasteiger partial charge in [0.25, 0.3) is 0 Å². The van der Waals surface area contributed by atoms with Crippen LogP contribution in [0.5, 0.6) is 0 Å². The molecule has 180 valence electrons. The van der Waals surface area contributed by atoms with Crippen molar-refractivity contribution in [1.29, 1.82) is 0 Å². The lowest BCUT2D eigenvalue weighted by Crippen LogP contribution is -2.52. The molecule has 4 aromatic carbocycles. The van der Waals surface area contributed by atoms with Crippen molar-refractivity contribution in [2.24, 2.45) is 5.73 Å². The minimum Gasteiger partial charge on any atom is -0.368 e. The van der Waals surface area contributed by atoms with Crippen LogP contribution >= 0.6 is 0 Å². The van der Waals surface area contributed by atoms with Crippen molar-refractivity contribution in [3.8, 4) is 0 Å². The van der Waals surface area contributed by atoms with Gasteiger partial charge in [0, 0.05) is 17.5 Å². The summed E-state index contributed by atoms with van der Waals surface area (Å²) in [4.78, 5) is 38.7. The number of ketones is 1. The lowest BCUT2D eigenvalue weighted by Gasteiger charge is -2.31. The van der Waals surface area contributed by atoms with E-state index >= 15 is 0 Å². The monoisotopic (exact) mass is 476 g/mol. The van der Waals surface area contributed by atoms with Gasteiger partial charge in [-0.25, -0.2) is 0 Å². The van der Waals surface area contributed by atoms with Gasteiger partial charge in [-0.15, -0.1) is 0 Å². The van der Waals surface area contributed by atoms with E-state index in [1.54, 1.807) is 36.4 Å². The third kappa shape index (κ3) is 5.26. The van der Waals surface area contributed by atoms with Crippen LogP contribution in [0.3, 0.4) is 0 Å². The van der Waals surface area contributed by atoms with Crippen molar-refractivity contribution >= 4 is 17.6 Å². The first-order chi connectivity index (χ1) is 17.4. The summed E-state index contributed by atoms with van der Waals surface area (Å²) in [5.41, 5.74) is 8.22. The normalized spacial score (nSPS) is 11.9. The fraction of sp³-hybridized carbons (Fsp3) is 0.129. The fourth-order valence-electron chi connectivity index (χ4n) is 4.28. The molecular formula is C31H28N2O3. The van der Waals surface area contributed by atoms with Crippen LogP contribution in [0.25, 0.3) is 0 Å². The summed E-state index contributed by atoms with van der Waals surface area (Å²) in [7, 11) is 0. The number of carbonyl (C=O) groups excluding carboxylic acids is 3. The van der Waals surface area contributed by atoms with Crippen molar-refractivity contribution in [3.05, 3.63) is 143 Å². The van der Waals surface area contributed by atoms with Crippen molar-refractivity contribution in [2.75, 3.05) is 0 Å². The number of nitrogens with one attached hydrogen (secondary N) is 1. The molecule has 5 nitrogen and oxygen atoms in total. The van der Waals surface area contributed by atoms with Gasteiger partial charge >= 0.3 is 0 Å². The first kappa shape index (κ1) is 24.6. The van der Waals surface area contributed by atoms with Crippen molar-refractivity contribution < 1.29 is 14.4 Å². The molecule has 4 rings (SSSR count). The highest BCUT2D eigenvalue weighted by molar-refractivity contribution is 6.09. The van der Waals surface area contributed by atoms with Gasteiger partial charge in [0.1, 0.15) is 6.04 Å². The smallest absolute Gasteiger partial charge is 0.240 e. The highest BCUT2D eigenvalue weighted by Crippen LogP contribution is 2.32. The molecule has 2 amide bonds. The molecular weight excluding hydrogens is 448 g/mol. The second kappa shape index (κ2) is 10.8. The summed E-state index contributed by atoms with van der Waals surface area (Å²) in [5, 5.41) is 2.89. The van der Waals surface area contributed by atoms with E-state index in [0.29, 0.717) is 11.1 Å². The minimum atomic E-state index is -1.03. The van der Waals surface area contributed by atoms with Crippen LogP contribution in [0.4, 0.5) is 0 Å². The average Bonchev–Trinajstić information content (AvgIpc) is 2.93. The molecule has 0 heterocycles. The average molecular weight is 477 g/mol. The van der Waals surface area contributed by atoms with Crippen LogP contribution < -0.4 is 11.1 Å². The zero-order valence-corrected chi connectivity index (χ0v) is 20.1. The number of hydrogen-bond donors (Lipinski definition) is 2. The second-order valence-corrected chi connectivity index (χ2v) is 8.88. The minimum absolute atomic E-state index is 0.0802. The molecule has 0 spiro atoms. The van der Waals surface area contributed by atoms with Crippen LogP contribution in [-0.4, -0.2) is 23.6 Å². The third-order valence-electron chi connectivity index (χ3n) is 6.50. The maximum Gasteiger partial charge on any atom is 0.240 e. The van der Waals surface area contributed by atoms with Gasteiger partial charge in [0.05, 0.1) is 5.41 Å². The standard InChI is InChI=1S/C31H28N2O3/c1-31(25-13-7-3-8-14-25,26-15-9-4-10-16-26)30(36)33-27(29(32)35)21-22-17-19-24(20-18-22)28(34)23-11-5-2-6-12-23/h2-20,27H,21H2,1H3,(H2,32,35)(H,33,36)/t27-/m1/s1. The van der Waals surface area contributed by atoms with E-state index in [0.717, 1.165) is 16.7 Å². The summed E-state index contributed by atoms with van der Waals surface area (Å²) < 4.78 is 0. The molecule has 0 bridgehead atoms. The van der Waals surface area contributed by atoms with Gasteiger partial charge in [0.2, 0.25) is 11.8 Å². The number of carbonyl (C=O) groups is 3. The van der Waals surface area contributed by atoms with E-state index in [1.807, 2.05) is 85.8 Å². The Balaban J connectivity index is 1.55. The van der Waals surface area contributed by atoms with E-state index in [9.17, 15) is 14.4 Å². The molecule has 0 aliphatic carbocycles. The molecule has 0 aromatic heterocycles. The van der Waals surface area contributed by atoms with E-state index in [-0.39, 0.29) is 18.1 Å². The van der Waals surface area contributed by atoms with Gasteiger partial charge in [-0.05, 0) is 23.6 Å². The Morgan fingerprint density at radius 1 is 0.694 bits per heavy atom. The maximum atomic E-state index is 13.7. The number of amides is 2. The number of nitrogens with two attached hydrogens (primary N) is 1.